The van der Waals surface area contributed by atoms with E-state index in [4.69, 9.17) is 75.2 Å². The van der Waals surface area contributed by atoms with Crippen LogP contribution in [0.15, 0.2) is 123 Å². The van der Waals surface area contributed by atoms with E-state index in [0.717, 1.165) is 32.3 Å². The molecule has 12 rings (SSSR count). The van der Waals surface area contributed by atoms with Crippen molar-refractivity contribution in [2.24, 2.45) is 0 Å². The molecule has 0 spiro atoms. The number of aromatic nitrogens is 8. The lowest BCUT2D eigenvalue weighted by Crippen LogP contribution is -2.18. The third-order valence-electron chi connectivity index (χ3n) is 14.0. The maximum Gasteiger partial charge on any atom is 0.230 e. The summed E-state index contributed by atoms with van der Waals surface area (Å²) >= 11 is 0. The first-order valence-corrected chi connectivity index (χ1v) is 25.8. The van der Waals surface area contributed by atoms with E-state index in [1.165, 1.54) is 51.1 Å². The number of rotatable bonds is 20. The number of aryl methyl sites for hydroxylation is 8. The van der Waals surface area contributed by atoms with Crippen molar-refractivity contribution in [3.8, 4) is 0 Å². The summed E-state index contributed by atoms with van der Waals surface area (Å²) in [7, 11) is 0. The summed E-state index contributed by atoms with van der Waals surface area (Å²) in [6, 6.07) is 12.7. The molecule has 0 aliphatic heterocycles. The molecule has 12 aromatic rings. The second-order valence-electron chi connectivity index (χ2n) is 17.9. The highest BCUT2D eigenvalue weighted by atomic mass is 16.4. The predicted octanol–water partition coefficient (Wildman–Crippen LogP) is 14.9. The molecule has 0 amide bonds. The quantitative estimate of drug-likeness (QED) is 0.0647. The zero-order valence-corrected chi connectivity index (χ0v) is 43.4. The van der Waals surface area contributed by atoms with Gasteiger partial charge in [-0.15, -0.1) is 0 Å². The van der Waals surface area contributed by atoms with Crippen LogP contribution in [0.4, 0.5) is 69.8 Å². The number of oxazole rings is 8. The van der Waals surface area contributed by atoms with Gasteiger partial charge in [0, 0.05) is 32.3 Å². The van der Waals surface area contributed by atoms with Gasteiger partial charge >= 0.3 is 0 Å². The average molecular weight is 1020 g/mol. The number of hydrogen-bond acceptors (Lipinski definition) is 20. The first-order valence-electron chi connectivity index (χ1n) is 25.8. The second-order valence-corrected chi connectivity index (χ2v) is 17.9. The Morgan fingerprint density at radius 2 is 0.421 bits per heavy atom. The van der Waals surface area contributed by atoms with Gasteiger partial charge in [0.05, 0.1) is 22.7 Å². The van der Waals surface area contributed by atoms with Crippen LogP contribution in [0.1, 0.15) is 101 Å². The molecule has 0 bridgehead atoms. The molecule has 0 aliphatic rings. The lowest BCUT2D eigenvalue weighted by Gasteiger charge is -2.31. The van der Waals surface area contributed by atoms with E-state index in [0.29, 0.717) is 167 Å². The van der Waals surface area contributed by atoms with E-state index in [2.05, 4.69) is 36.4 Å². The van der Waals surface area contributed by atoms with Gasteiger partial charge in [0.2, 0.25) is 47.1 Å². The van der Waals surface area contributed by atoms with Crippen LogP contribution in [-0.2, 0) is 51.4 Å². The predicted molar refractivity (Wildman–Crippen MR) is 284 cm³/mol. The Morgan fingerprint density at radius 3 is 0.566 bits per heavy atom. The number of anilines is 12. The van der Waals surface area contributed by atoms with Crippen molar-refractivity contribution in [2.75, 3.05) is 19.6 Å². The Morgan fingerprint density at radius 1 is 0.263 bits per heavy atom. The number of benzene rings is 4. The molecule has 0 fully saturated rings. The van der Waals surface area contributed by atoms with Gasteiger partial charge in [-0.3, -0.25) is 0 Å². The molecular weight excluding hydrogens is 969 g/mol. The van der Waals surface area contributed by atoms with Gasteiger partial charge in [0.1, 0.15) is 45.6 Å². The minimum absolute atomic E-state index is 0.465. The maximum absolute atomic E-state index is 6.44. The van der Waals surface area contributed by atoms with E-state index < -0.39 is 0 Å². The largest absolute Gasteiger partial charge is 0.427 e. The van der Waals surface area contributed by atoms with Gasteiger partial charge in [0.15, 0.2) is 51.1 Å². The second kappa shape index (κ2) is 19.6. The zero-order valence-electron chi connectivity index (χ0n) is 43.4. The Hall–Kier alpha value is -9.20. The third kappa shape index (κ3) is 7.40. The summed E-state index contributed by atoms with van der Waals surface area (Å²) in [5.41, 5.74) is 8.37. The molecule has 0 unspecified atom stereocenters. The van der Waals surface area contributed by atoms with Gasteiger partial charge in [0.25, 0.3) is 0 Å². The molecule has 4 aromatic carbocycles. The minimum atomic E-state index is 0.465. The maximum atomic E-state index is 6.44. The van der Waals surface area contributed by atoms with Gasteiger partial charge in [-0.05, 0) is 63.5 Å². The van der Waals surface area contributed by atoms with Gasteiger partial charge in [-0.1, -0.05) is 79.7 Å². The lowest BCUT2D eigenvalue weighted by atomic mass is 9.89. The highest BCUT2D eigenvalue weighted by molar-refractivity contribution is 6.32. The highest BCUT2D eigenvalue weighted by Crippen LogP contribution is 2.56. The monoisotopic (exact) mass is 1020 g/mol. The van der Waals surface area contributed by atoms with Crippen molar-refractivity contribution in [1.29, 1.82) is 0 Å². The number of hydrogen-bond donors (Lipinski definition) is 0. The standard InChI is InChI=1S/C56H54N12O8/c1-9-35-49(69-23-57-35)65(50-36(10-2)58-24-70-50)43-21-44(66(51-37(11-3)59-25-71-51)52-38(12-4)60-26-72-52)32-19-20-34-46(68(55-41(15-7)63-29-75-55)56-42(16-8)64-30-76-56)22-45(33-18-17-31(43)47(32)48(33)34)67(53-39(13-5)61-27-73-53)54-40(14-6)62-28-74-54/h17-30H,9-16H2,1-8H3. The fourth-order valence-electron chi connectivity index (χ4n) is 10.4. The highest BCUT2D eigenvalue weighted by Gasteiger charge is 2.37. The van der Waals surface area contributed by atoms with Crippen LogP contribution in [0.3, 0.4) is 0 Å². The van der Waals surface area contributed by atoms with Crippen LogP contribution >= 0.6 is 0 Å². The van der Waals surface area contributed by atoms with Crippen molar-refractivity contribution >= 4 is 102 Å². The molecule has 0 saturated heterocycles. The first-order chi connectivity index (χ1) is 37.4. The van der Waals surface area contributed by atoms with Crippen molar-refractivity contribution in [3.63, 3.8) is 0 Å². The van der Waals surface area contributed by atoms with Crippen LogP contribution in [0.2, 0.25) is 0 Å². The van der Waals surface area contributed by atoms with Crippen molar-refractivity contribution in [1.82, 2.24) is 39.9 Å². The van der Waals surface area contributed by atoms with Crippen LogP contribution in [-0.4, -0.2) is 39.9 Å². The molecule has 8 heterocycles. The van der Waals surface area contributed by atoms with Crippen LogP contribution < -0.4 is 19.6 Å². The Labute approximate surface area is 435 Å². The topological polar surface area (TPSA) is 221 Å². The van der Waals surface area contributed by atoms with Gasteiger partial charge in [-0.2, -0.15) is 0 Å². The van der Waals surface area contributed by atoms with E-state index in [1.54, 1.807) is 0 Å². The summed E-state index contributed by atoms with van der Waals surface area (Å²) in [6.07, 6.45) is 16.1. The minimum Gasteiger partial charge on any atom is -0.427 e. The Balaban J connectivity index is 1.32. The molecule has 0 saturated carbocycles. The summed E-state index contributed by atoms with van der Waals surface area (Å²) in [5.74, 6) is 3.72. The van der Waals surface area contributed by atoms with Crippen LogP contribution in [0.5, 0.6) is 0 Å². The summed E-state index contributed by atoms with van der Waals surface area (Å²) in [6.45, 7) is 16.3. The molecular formula is C56H54N12O8. The summed E-state index contributed by atoms with van der Waals surface area (Å²) in [5, 5.41) is 4.97. The Bertz CT molecular complexity index is 3310. The van der Waals surface area contributed by atoms with Crippen LogP contribution in [0, 0.1) is 0 Å². The van der Waals surface area contributed by atoms with Gasteiger partial charge in [-0.25, -0.2) is 59.5 Å². The zero-order chi connectivity index (χ0) is 52.2. The molecule has 0 N–H and O–H groups in total. The van der Waals surface area contributed by atoms with Crippen LogP contribution in [0.25, 0.3) is 32.3 Å². The van der Waals surface area contributed by atoms with E-state index >= 15 is 0 Å². The smallest absolute Gasteiger partial charge is 0.230 e. The van der Waals surface area contributed by atoms with Crippen molar-refractivity contribution in [2.45, 2.75) is 107 Å². The fraction of sp³-hybridized carbons (Fsp3) is 0.286. The summed E-state index contributed by atoms with van der Waals surface area (Å²) in [4.78, 5) is 45.6. The van der Waals surface area contributed by atoms with Gasteiger partial charge < -0.3 is 35.3 Å². The summed E-state index contributed by atoms with van der Waals surface area (Å²) < 4.78 is 51.5. The SMILES string of the molecule is CCc1ncoc1N(c1ocnc1CC)c1cc(N(c2ocnc2CC)c2ocnc2CC)c2ccc3c(N(c4ocnc4CC)c4ocnc4CC)cc(N(c4ocnc4CC)c4ocnc4CC)c4ccc1c2c43. The molecule has 0 radical (unpaired) electrons. The molecule has 0 aliphatic carbocycles. The molecule has 386 valence electrons. The van der Waals surface area contributed by atoms with Crippen molar-refractivity contribution < 1.29 is 35.3 Å². The molecule has 76 heavy (non-hydrogen) atoms. The average Bonchev–Trinajstić information content (AvgIpc) is 4.33. The van der Waals surface area contributed by atoms with Crippen molar-refractivity contribution in [3.05, 3.63) is 133 Å². The lowest BCUT2D eigenvalue weighted by molar-refractivity contribution is 0.528. The first kappa shape index (κ1) is 47.8. The fourth-order valence-corrected chi connectivity index (χ4v) is 10.4. The number of nitrogens with zero attached hydrogens (tertiary/aromatic N) is 12. The third-order valence-corrected chi connectivity index (χ3v) is 14.0. The molecule has 8 aromatic heterocycles. The Kier molecular flexibility index (Phi) is 12.3. The van der Waals surface area contributed by atoms with E-state index in [-0.39, 0.29) is 0 Å². The normalized spacial score (nSPS) is 11.8. The van der Waals surface area contributed by atoms with E-state index in [9.17, 15) is 0 Å². The molecule has 0 atom stereocenters. The molecule has 20 nitrogen and oxygen atoms in total. The molecule has 20 heteroatoms. The van der Waals surface area contributed by atoms with E-state index in [1.807, 2.05) is 75.0 Å².